The number of rotatable bonds is 0. The normalized spacial score (nSPS) is 17.0. The fourth-order valence-corrected chi connectivity index (χ4v) is 0.585. The van der Waals surface area contributed by atoms with E-state index in [0.29, 0.717) is 0 Å². The standard InChI is InChI=1S/C8H9/c1-2-4-6-8-7-5-3-1/h1-7H,8H2/q+1. The van der Waals surface area contributed by atoms with Crippen LogP contribution in [0.2, 0.25) is 0 Å². The summed E-state index contributed by atoms with van der Waals surface area (Å²) in [5.74, 6) is 0. The molecule has 1 aliphatic rings. The monoisotopic (exact) mass is 105 g/mol. The lowest BCUT2D eigenvalue weighted by Crippen LogP contribution is -1.65. The van der Waals surface area contributed by atoms with Gasteiger partial charge in [-0.1, -0.05) is 6.08 Å². The highest BCUT2D eigenvalue weighted by Gasteiger charge is 1.81. The Bertz CT molecular complexity index is 111. The molecule has 0 nitrogen and oxygen atoms in total. The van der Waals surface area contributed by atoms with Crippen molar-refractivity contribution in [2.45, 2.75) is 6.42 Å². The van der Waals surface area contributed by atoms with Gasteiger partial charge in [-0.05, 0) is 6.08 Å². The average molecular weight is 105 g/mol. The maximum atomic E-state index is 2.12. The Morgan fingerprint density at radius 3 is 3.00 bits per heavy atom. The Morgan fingerprint density at radius 1 is 1.00 bits per heavy atom. The van der Waals surface area contributed by atoms with Crippen LogP contribution in [-0.4, -0.2) is 0 Å². The van der Waals surface area contributed by atoms with Crippen molar-refractivity contribution in [1.29, 1.82) is 0 Å². The second-order valence-electron chi connectivity index (χ2n) is 1.67. The van der Waals surface area contributed by atoms with E-state index in [1.54, 1.807) is 0 Å². The predicted molar refractivity (Wildman–Crippen MR) is 36.3 cm³/mol. The van der Waals surface area contributed by atoms with Crippen molar-refractivity contribution in [3.05, 3.63) is 42.9 Å². The Morgan fingerprint density at radius 2 is 2.00 bits per heavy atom. The molecule has 0 aromatic carbocycles. The molecule has 0 unspecified atom stereocenters. The Labute approximate surface area is 50.2 Å². The van der Waals surface area contributed by atoms with E-state index < -0.39 is 0 Å². The van der Waals surface area contributed by atoms with Crippen LogP contribution in [0.1, 0.15) is 6.42 Å². The van der Waals surface area contributed by atoms with E-state index in [2.05, 4.69) is 24.3 Å². The summed E-state index contributed by atoms with van der Waals surface area (Å²) in [6, 6.07) is 0. The minimum atomic E-state index is 1.06. The van der Waals surface area contributed by atoms with Crippen molar-refractivity contribution < 1.29 is 0 Å². The van der Waals surface area contributed by atoms with Crippen molar-refractivity contribution in [3.8, 4) is 0 Å². The first-order chi connectivity index (χ1) is 4.00. The van der Waals surface area contributed by atoms with Crippen molar-refractivity contribution >= 4 is 0 Å². The maximum absolute atomic E-state index is 2.12. The van der Waals surface area contributed by atoms with Crippen molar-refractivity contribution in [2.75, 3.05) is 0 Å². The summed E-state index contributed by atoms with van der Waals surface area (Å²) >= 11 is 0. The SMILES string of the molecule is C1=C[CH+]C=CCC=C1. The van der Waals surface area contributed by atoms with Crippen molar-refractivity contribution in [1.82, 2.24) is 0 Å². The zero-order chi connectivity index (χ0) is 5.66. The van der Waals surface area contributed by atoms with Gasteiger partial charge in [0, 0.05) is 37.1 Å². The van der Waals surface area contributed by atoms with Gasteiger partial charge in [0.15, 0.2) is 0 Å². The highest BCUT2D eigenvalue weighted by atomic mass is 13.8. The van der Waals surface area contributed by atoms with Gasteiger partial charge in [0.05, 0.1) is 0 Å². The summed E-state index contributed by atoms with van der Waals surface area (Å²) in [5, 5.41) is 0. The maximum Gasteiger partial charge on any atom is 0.0466 e. The fourth-order valence-electron chi connectivity index (χ4n) is 0.585. The van der Waals surface area contributed by atoms with E-state index in [1.807, 2.05) is 18.6 Å². The lowest BCUT2D eigenvalue weighted by molar-refractivity contribution is 1.37. The number of hydrogen-bond donors (Lipinski definition) is 0. The van der Waals surface area contributed by atoms with Gasteiger partial charge in [-0.25, -0.2) is 0 Å². The van der Waals surface area contributed by atoms with Gasteiger partial charge in [0.1, 0.15) is 0 Å². The second kappa shape index (κ2) is 3.14. The molecule has 0 aromatic rings. The zero-order valence-electron chi connectivity index (χ0n) is 4.75. The molecule has 0 aliphatic heterocycles. The lowest BCUT2D eigenvalue weighted by atomic mass is 10.2. The van der Waals surface area contributed by atoms with Gasteiger partial charge in [-0.15, -0.1) is 0 Å². The van der Waals surface area contributed by atoms with Crippen LogP contribution in [0, 0.1) is 6.42 Å². The van der Waals surface area contributed by atoms with E-state index in [1.165, 1.54) is 0 Å². The van der Waals surface area contributed by atoms with Crippen molar-refractivity contribution in [2.24, 2.45) is 0 Å². The molecular formula is C8H9+. The second-order valence-corrected chi connectivity index (χ2v) is 1.67. The topological polar surface area (TPSA) is 0 Å². The smallest absolute Gasteiger partial charge is 0.0466 e. The molecule has 0 aromatic heterocycles. The van der Waals surface area contributed by atoms with Crippen LogP contribution < -0.4 is 0 Å². The molecule has 1 aliphatic carbocycles. The van der Waals surface area contributed by atoms with E-state index in [9.17, 15) is 0 Å². The minimum absolute atomic E-state index is 1.06. The molecule has 0 fully saturated rings. The van der Waals surface area contributed by atoms with Crippen LogP contribution >= 0.6 is 0 Å². The summed E-state index contributed by atoms with van der Waals surface area (Å²) in [5.41, 5.74) is 0. The molecule has 0 saturated heterocycles. The summed E-state index contributed by atoms with van der Waals surface area (Å²) in [6.45, 7) is 0. The van der Waals surface area contributed by atoms with Gasteiger partial charge in [-0.3, -0.25) is 0 Å². The molecule has 8 heavy (non-hydrogen) atoms. The van der Waals surface area contributed by atoms with Crippen LogP contribution in [0.25, 0.3) is 0 Å². The predicted octanol–water partition coefficient (Wildman–Crippen LogP) is 2.26. The molecule has 0 atom stereocenters. The average Bonchev–Trinajstić information content (AvgIpc) is 1.62. The third-order valence-corrected chi connectivity index (χ3v) is 0.989. The van der Waals surface area contributed by atoms with Gasteiger partial charge >= 0.3 is 0 Å². The zero-order valence-corrected chi connectivity index (χ0v) is 4.75. The number of allylic oxidation sites excluding steroid dienone is 6. The van der Waals surface area contributed by atoms with Crippen molar-refractivity contribution in [3.63, 3.8) is 0 Å². The van der Waals surface area contributed by atoms with E-state index in [-0.39, 0.29) is 0 Å². The lowest BCUT2D eigenvalue weighted by Gasteiger charge is -1.77. The fraction of sp³-hybridized carbons (Fsp3) is 0.125. The summed E-state index contributed by atoms with van der Waals surface area (Å²) in [6.07, 6.45) is 15.5. The summed E-state index contributed by atoms with van der Waals surface area (Å²) < 4.78 is 0. The molecule has 0 heterocycles. The molecule has 0 bridgehead atoms. The van der Waals surface area contributed by atoms with Crippen LogP contribution in [0.15, 0.2) is 36.5 Å². The van der Waals surface area contributed by atoms with Crippen LogP contribution in [0.5, 0.6) is 0 Å². The molecule has 0 spiro atoms. The van der Waals surface area contributed by atoms with Gasteiger partial charge in [0.2, 0.25) is 0 Å². The third kappa shape index (κ3) is 1.69. The third-order valence-electron chi connectivity index (χ3n) is 0.989. The van der Waals surface area contributed by atoms with Gasteiger partial charge < -0.3 is 0 Å². The molecule has 40 valence electrons. The van der Waals surface area contributed by atoms with Crippen LogP contribution in [0.3, 0.4) is 0 Å². The van der Waals surface area contributed by atoms with E-state index in [0.717, 1.165) is 6.42 Å². The quantitative estimate of drug-likeness (QED) is 0.414. The molecule has 1 rings (SSSR count). The van der Waals surface area contributed by atoms with E-state index >= 15 is 0 Å². The summed E-state index contributed by atoms with van der Waals surface area (Å²) in [7, 11) is 0. The highest BCUT2D eigenvalue weighted by Crippen LogP contribution is 1.94. The minimum Gasteiger partial charge on any atom is -0.0548 e. The molecule has 0 N–H and O–H groups in total. The molecule has 0 radical (unpaired) electrons. The van der Waals surface area contributed by atoms with Crippen LogP contribution in [0.4, 0.5) is 0 Å². The number of hydrogen-bond acceptors (Lipinski definition) is 0. The molecule has 0 heteroatoms. The first-order valence-corrected chi connectivity index (χ1v) is 2.82. The summed E-state index contributed by atoms with van der Waals surface area (Å²) in [4.78, 5) is 0. The van der Waals surface area contributed by atoms with Gasteiger partial charge in [-0.2, -0.15) is 0 Å². The van der Waals surface area contributed by atoms with E-state index in [4.69, 9.17) is 0 Å². The molecule has 0 amide bonds. The Kier molecular flexibility index (Phi) is 2.05. The van der Waals surface area contributed by atoms with Gasteiger partial charge in [0.25, 0.3) is 0 Å². The first-order valence-electron chi connectivity index (χ1n) is 2.82. The van der Waals surface area contributed by atoms with Crippen LogP contribution in [-0.2, 0) is 0 Å². The Hall–Kier alpha value is -0.910. The Balaban J connectivity index is 2.51. The molecular weight excluding hydrogens is 96.1 g/mol. The molecule has 0 saturated carbocycles. The first kappa shape index (κ1) is 5.23. The largest absolute Gasteiger partial charge is 0.0548 e. The highest BCUT2D eigenvalue weighted by molar-refractivity contribution is 5.17.